The summed E-state index contributed by atoms with van der Waals surface area (Å²) in [5, 5.41) is 0.728. The highest BCUT2D eigenvalue weighted by atomic mass is 32.2. The van der Waals surface area contributed by atoms with E-state index in [0.717, 1.165) is 9.88 Å². The van der Waals surface area contributed by atoms with Crippen molar-refractivity contribution in [3.8, 4) is 0 Å². The molecule has 0 aliphatic rings. The van der Waals surface area contributed by atoms with Crippen LogP contribution in [0.25, 0.3) is 0 Å². The van der Waals surface area contributed by atoms with Gasteiger partial charge in [0, 0.05) is 17.1 Å². The third-order valence-electron chi connectivity index (χ3n) is 2.76. The second-order valence-electron chi connectivity index (χ2n) is 4.49. The van der Waals surface area contributed by atoms with Crippen LogP contribution in [0.4, 0.5) is 0 Å². The summed E-state index contributed by atoms with van der Waals surface area (Å²) in [5.74, 6) is 0.779. The Morgan fingerprint density at radius 3 is 2.70 bits per heavy atom. The molecule has 0 aliphatic heterocycles. The lowest BCUT2D eigenvalue weighted by atomic mass is 10.4. The minimum atomic E-state index is -3.65. The molecule has 2 heterocycles. The zero-order chi connectivity index (χ0) is 14.9. The third-order valence-corrected chi connectivity index (χ3v) is 5.50. The molecule has 3 N–H and O–H groups in total. The van der Waals surface area contributed by atoms with Crippen molar-refractivity contribution in [1.82, 2.24) is 9.71 Å². The first-order chi connectivity index (χ1) is 9.33. The van der Waals surface area contributed by atoms with Crippen molar-refractivity contribution in [2.75, 3.05) is 0 Å². The van der Waals surface area contributed by atoms with E-state index in [1.54, 1.807) is 20.0 Å². The largest absolute Gasteiger partial charge is 0.464 e. The molecule has 20 heavy (non-hydrogen) atoms. The van der Waals surface area contributed by atoms with Crippen molar-refractivity contribution in [3.05, 3.63) is 33.7 Å². The number of nitrogens with one attached hydrogen (secondary N) is 1. The molecule has 0 fully saturated rings. The van der Waals surface area contributed by atoms with Crippen LogP contribution in [0.15, 0.2) is 21.6 Å². The Hall–Kier alpha value is -1.22. The van der Waals surface area contributed by atoms with E-state index in [-0.39, 0.29) is 11.4 Å². The molecule has 2 rings (SSSR count). The third kappa shape index (κ3) is 3.09. The van der Waals surface area contributed by atoms with Crippen molar-refractivity contribution in [2.45, 2.75) is 38.3 Å². The minimum Gasteiger partial charge on any atom is -0.464 e. The summed E-state index contributed by atoms with van der Waals surface area (Å²) >= 11 is 1.46. The van der Waals surface area contributed by atoms with Gasteiger partial charge in [0.15, 0.2) is 0 Å². The zero-order valence-electron chi connectivity index (χ0n) is 11.5. The Kier molecular flexibility index (Phi) is 4.28. The van der Waals surface area contributed by atoms with Crippen LogP contribution in [0.1, 0.15) is 34.4 Å². The lowest BCUT2D eigenvalue weighted by Gasteiger charge is -2.11. The standard InChI is InChI=1S/C12H17N3O3S2/c1-7-6-14-12(19-7)8(2)15-20(16,17)11-4-10(5-13)18-9(11)3/h4,6,8,15H,5,13H2,1-3H3. The van der Waals surface area contributed by atoms with Crippen LogP contribution in [0, 0.1) is 13.8 Å². The maximum atomic E-state index is 12.3. The summed E-state index contributed by atoms with van der Waals surface area (Å²) in [6.45, 7) is 5.45. The predicted molar refractivity (Wildman–Crippen MR) is 76.9 cm³/mol. The van der Waals surface area contributed by atoms with E-state index >= 15 is 0 Å². The lowest BCUT2D eigenvalue weighted by molar-refractivity contribution is 0.478. The molecule has 6 nitrogen and oxygen atoms in total. The average molecular weight is 315 g/mol. The molecule has 110 valence electrons. The summed E-state index contributed by atoms with van der Waals surface area (Å²) in [6.07, 6.45) is 1.72. The van der Waals surface area contributed by atoms with Gasteiger partial charge in [0.05, 0.1) is 12.6 Å². The highest BCUT2D eigenvalue weighted by Gasteiger charge is 2.24. The summed E-state index contributed by atoms with van der Waals surface area (Å²) in [4.78, 5) is 5.35. The van der Waals surface area contributed by atoms with Crippen molar-refractivity contribution >= 4 is 21.4 Å². The highest BCUT2D eigenvalue weighted by Crippen LogP contribution is 2.24. The molecule has 0 saturated carbocycles. The van der Waals surface area contributed by atoms with E-state index in [4.69, 9.17) is 10.2 Å². The van der Waals surface area contributed by atoms with E-state index in [9.17, 15) is 8.42 Å². The van der Waals surface area contributed by atoms with Crippen LogP contribution >= 0.6 is 11.3 Å². The van der Waals surface area contributed by atoms with E-state index in [2.05, 4.69) is 9.71 Å². The van der Waals surface area contributed by atoms with E-state index in [1.807, 2.05) is 6.92 Å². The smallest absolute Gasteiger partial charge is 0.244 e. The Morgan fingerprint density at radius 2 is 2.20 bits per heavy atom. The molecular weight excluding hydrogens is 298 g/mol. The maximum absolute atomic E-state index is 12.3. The Bertz CT molecular complexity index is 703. The van der Waals surface area contributed by atoms with Gasteiger partial charge in [0.2, 0.25) is 10.0 Å². The van der Waals surface area contributed by atoms with E-state index in [0.29, 0.717) is 11.5 Å². The molecule has 0 radical (unpaired) electrons. The van der Waals surface area contributed by atoms with Gasteiger partial charge in [-0.3, -0.25) is 0 Å². The average Bonchev–Trinajstić information content (AvgIpc) is 2.95. The quantitative estimate of drug-likeness (QED) is 0.877. The second kappa shape index (κ2) is 5.65. The summed E-state index contributed by atoms with van der Waals surface area (Å²) < 4.78 is 32.6. The normalized spacial score (nSPS) is 13.6. The van der Waals surface area contributed by atoms with Crippen molar-refractivity contribution in [2.24, 2.45) is 5.73 Å². The molecule has 2 aromatic rings. The Morgan fingerprint density at radius 1 is 1.50 bits per heavy atom. The molecule has 1 atom stereocenters. The number of aromatic nitrogens is 1. The van der Waals surface area contributed by atoms with Crippen LogP contribution in [-0.4, -0.2) is 13.4 Å². The van der Waals surface area contributed by atoms with Crippen LogP contribution in [-0.2, 0) is 16.6 Å². The van der Waals surface area contributed by atoms with Gasteiger partial charge in [-0.2, -0.15) is 0 Å². The minimum absolute atomic E-state index is 0.123. The summed E-state index contributed by atoms with van der Waals surface area (Å²) in [7, 11) is -3.65. The molecule has 0 aliphatic carbocycles. The van der Waals surface area contributed by atoms with Gasteiger partial charge in [0.1, 0.15) is 21.4 Å². The molecule has 2 aromatic heterocycles. The number of furan rings is 1. The Balaban J connectivity index is 2.24. The second-order valence-corrected chi connectivity index (χ2v) is 7.44. The molecule has 0 bridgehead atoms. The first kappa shape index (κ1) is 15.2. The summed E-state index contributed by atoms with van der Waals surface area (Å²) in [6, 6.07) is 1.06. The first-order valence-corrected chi connectivity index (χ1v) is 8.37. The fraction of sp³-hybridized carbons (Fsp3) is 0.417. The highest BCUT2D eigenvalue weighted by molar-refractivity contribution is 7.89. The number of rotatable bonds is 5. The molecule has 1 unspecified atom stereocenters. The van der Waals surface area contributed by atoms with Gasteiger partial charge >= 0.3 is 0 Å². The first-order valence-electron chi connectivity index (χ1n) is 6.07. The van der Waals surface area contributed by atoms with Crippen LogP contribution in [0.3, 0.4) is 0 Å². The molecule has 0 aromatic carbocycles. The van der Waals surface area contributed by atoms with Gasteiger partial charge in [-0.05, 0) is 20.8 Å². The van der Waals surface area contributed by atoms with Crippen LogP contribution < -0.4 is 10.5 Å². The fourth-order valence-corrected chi connectivity index (χ4v) is 4.07. The fourth-order valence-electron chi connectivity index (χ4n) is 1.81. The van der Waals surface area contributed by atoms with Crippen molar-refractivity contribution in [3.63, 3.8) is 0 Å². The van der Waals surface area contributed by atoms with Gasteiger partial charge < -0.3 is 10.2 Å². The molecule has 8 heteroatoms. The van der Waals surface area contributed by atoms with Gasteiger partial charge in [0.25, 0.3) is 0 Å². The number of hydrogen-bond acceptors (Lipinski definition) is 6. The number of sulfonamides is 1. The lowest BCUT2D eigenvalue weighted by Crippen LogP contribution is -2.27. The zero-order valence-corrected chi connectivity index (χ0v) is 13.1. The van der Waals surface area contributed by atoms with Crippen LogP contribution in [0.5, 0.6) is 0 Å². The number of aryl methyl sites for hydroxylation is 2. The van der Waals surface area contributed by atoms with E-state index in [1.165, 1.54) is 17.4 Å². The number of hydrogen-bond donors (Lipinski definition) is 2. The van der Waals surface area contributed by atoms with Crippen LogP contribution in [0.2, 0.25) is 0 Å². The number of nitrogens with two attached hydrogens (primary N) is 1. The maximum Gasteiger partial charge on any atom is 0.244 e. The molecule has 0 spiro atoms. The monoisotopic (exact) mass is 315 g/mol. The number of thiazole rings is 1. The predicted octanol–water partition coefficient (Wildman–Crippen LogP) is 1.85. The molecule has 0 amide bonds. The topological polar surface area (TPSA) is 98.2 Å². The molecular formula is C12H17N3O3S2. The van der Waals surface area contributed by atoms with Crippen molar-refractivity contribution < 1.29 is 12.8 Å². The Labute approximate surface area is 122 Å². The molecule has 0 saturated heterocycles. The van der Waals surface area contributed by atoms with E-state index < -0.39 is 16.1 Å². The van der Waals surface area contributed by atoms with Gasteiger partial charge in [-0.1, -0.05) is 0 Å². The number of nitrogens with zero attached hydrogens (tertiary/aromatic N) is 1. The van der Waals surface area contributed by atoms with Gasteiger partial charge in [-0.25, -0.2) is 18.1 Å². The van der Waals surface area contributed by atoms with Gasteiger partial charge in [-0.15, -0.1) is 11.3 Å². The van der Waals surface area contributed by atoms with Crippen molar-refractivity contribution in [1.29, 1.82) is 0 Å². The summed E-state index contributed by atoms with van der Waals surface area (Å²) in [5.41, 5.74) is 5.45. The SMILES string of the molecule is Cc1cnc(C(C)NS(=O)(=O)c2cc(CN)oc2C)s1.